The second-order valence-corrected chi connectivity index (χ2v) is 7.63. The third kappa shape index (κ3) is 6.68. The van der Waals surface area contributed by atoms with Crippen molar-refractivity contribution in [2.24, 2.45) is 5.10 Å². The summed E-state index contributed by atoms with van der Waals surface area (Å²) in [7, 11) is 0. The average Bonchev–Trinajstić information content (AvgIpc) is 2.77. The molecule has 6 nitrogen and oxygen atoms in total. The number of hydrazone groups is 1. The van der Waals surface area contributed by atoms with Crippen LogP contribution in [0.15, 0.2) is 65.8 Å². The molecule has 0 bridgehead atoms. The molecule has 164 valence electrons. The van der Waals surface area contributed by atoms with Crippen LogP contribution in [0.3, 0.4) is 0 Å². The SMILES string of the molecule is O=C(N/N=C\c1cc(Cl)ccc1OCc1ccc(Cl)c(Cl)c1)C(=O)Nc1ccc(F)cc1. The van der Waals surface area contributed by atoms with E-state index in [4.69, 9.17) is 39.5 Å². The summed E-state index contributed by atoms with van der Waals surface area (Å²) in [5.74, 6) is -1.99. The number of hydrogen-bond donors (Lipinski definition) is 2. The first kappa shape index (κ1) is 23.5. The lowest BCUT2D eigenvalue weighted by molar-refractivity contribution is -0.136. The van der Waals surface area contributed by atoms with E-state index >= 15 is 0 Å². The van der Waals surface area contributed by atoms with Crippen LogP contribution in [0.1, 0.15) is 11.1 Å². The van der Waals surface area contributed by atoms with E-state index in [2.05, 4.69) is 15.8 Å². The molecule has 0 saturated carbocycles. The highest BCUT2D eigenvalue weighted by molar-refractivity contribution is 6.42. The molecule has 0 heterocycles. The van der Waals surface area contributed by atoms with Crippen LogP contribution in [-0.2, 0) is 16.2 Å². The zero-order chi connectivity index (χ0) is 23.1. The van der Waals surface area contributed by atoms with Crippen LogP contribution in [-0.4, -0.2) is 18.0 Å². The molecule has 3 aromatic carbocycles. The summed E-state index contributed by atoms with van der Waals surface area (Å²) in [6, 6.07) is 15.0. The van der Waals surface area contributed by atoms with Gasteiger partial charge in [-0.2, -0.15) is 5.10 Å². The topological polar surface area (TPSA) is 79.8 Å². The Morgan fingerprint density at radius 3 is 2.41 bits per heavy atom. The molecule has 0 unspecified atom stereocenters. The lowest BCUT2D eigenvalue weighted by Gasteiger charge is -2.10. The Hall–Kier alpha value is -3.13. The Morgan fingerprint density at radius 1 is 0.938 bits per heavy atom. The monoisotopic (exact) mass is 493 g/mol. The van der Waals surface area contributed by atoms with E-state index in [1.807, 2.05) is 0 Å². The third-order valence-electron chi connectivity index (χ3n) is 4.03. The van der Waals surface area contributed by atoms with Crippen LogP contribution >= 0.6 is 34.8 Å². The zero-order valence-electron chi connectivity index (χ0n) is 16.2. The minimum atomic E-state index is -1.01. The van der Waals surface area contributed by atoms with Crippen molar-refractivity contribution in [3.8, 4) is 5.75 Å². The highest BCUT2D eigenvalue weighted by Crippen LogP contribution is 2.25. The second-order valence-electron chi connectivity index (χ2n) is 6.38. The van der Waals surface area contributed by atoms with E-state index in [1.165, 1.54) is 18.3 Å². The zero-order valence-corrected chi connectivity index (χ0v) is 18.5. The van der Waals surface area contributed by atoms with Gasteiger partial charge in [-0.3, -0.25) is 9.59 Å². The summed E-state index contributed by atoms with van der Waals surface area (Å²) in [6.45, 7) is 0.200. The maximum atomic E-state index is 12.9. The van der Waals surface area contributed by atoms with Crippen LogP contribution in [0, 0.1) is 5.82 Å². The Morgan fingerprint density at radius 2 is 1.69 bits per heavy atom. The van der Waals surface area contributed by atoms with Gasteiger partial charge in [-0.05, 0) is 60.2 Å². The van der Waals surface area contributed by atoms with Crippen LogP contribution in [0.4, 0.5) is 10.1 Å². The van der Waals surface area contributed by atoms with Crippen molar-refractivity contribution in [3.63, 3.8) is 0 Å². The van der Waals surface area contributed by atoms with Crippen molar-refractivity contribution in [2.45, 2.75) is 6.61 Å². The number of carbonyl (C=O) groups is 2. The Bertz CT molecular complexity index is 1170. The van der Waals surface area contributed by atoms with Gasteiger partial charge in [0, 0.05) is 16.3 Å². The molecule has 0 aliphatic carbocycles. The fourth-order valence-electron chi connectivity index (χ4n) is 2.47. The van der Waals surface area contributed by atoms with E-state index in [0.29, 0.717) is 26.4 Å². The van der Waals surface area contributed by atoms with Gasteiger partial charge < -0.3 is 10.1 Å². The quantitative estimate of drug-likeness (QED) is 0.271. The molecular weight excluding hydrogens is 480 g/mol. The van der Waals surface area contributed by atoms with Crippen LogP contribution in [0.25, 0.3) is 0 Å². The minimum Gasteiger partial charge on any atom is -0.488 e. The highest BCUT2D eigenvalue weighted by Gasteiger charge is 2.13. The van der Waals surface area contributed by atoms with Crippen LogP contribution in [0.2, 0.25) is 15.1 Å². The Labute approximate surface area is 197 Å². The van der Waals surface area contributed by atoms with Gasteiger partial charge >= 0.3 is 11.8 Å². The van der Waals surface area contributed by atoms with Crippen molar-refractivity contribution in [1.82, 2.24) is 5.43 Å². The molecule has 0 atom stereocenters. The molecule has 0 radical (unpaired) electrons. The number of nitrogens with zero attached hydrogens (tertiary/aromatic N) is 1. The maximum absolute atomic E-state index is 12.9. The standard InChI is InChI=1S/C22H15Cl3FN3O3/c23-15-2-8-20(32-12-13-1-7-18(24)19(25)9-13)14(10-15)11-27-29-22(31)21(30)28-17-5-3-16(26)4-6-17/h1-11H,12H2,(H,28,30)(H,29,31)/b27-11-. The number of ether oxygens (including phenoxy) is 1. The molecule has 32 heavy (non-hydrogen) atoms. The minimum absolute atomic E-state index is 0.200. The van der Waals surface area contributed by atoms with E-state index in [1.54, 1.807) is 36.4 Å². The van der Waals surface area contributed by atoms with E-state index in [-0.39, 0.29) is 12.3 Å². The van der Waals surface area contributed by atoms with Gasteiger partial charge in [-0.1, -0.05) is 40.9 Å². The van der Waals surface area contributed by atoms with Gasteiger partial charge in [0.1, 0.15) is 18.2 Å². The molecule has 0 aliphatic rings. The number of carbonyl (C=O) groups excluding carboxylic acids is 2. The molecular formula is C22H15Cl3FN3O3. The number of nitrogens with one attached hydrogen (secondary N) is 2. The molecule has 2 N–H and O–H groups in total. The van der Waals surface area contributed by atoms with Crippen LogP contribution in [0.5, 0.6) is 5.75 Å². The molecule has 0 fully saturated rings. The lowest BCUT2D eigenvalue weighted by Crippen LogP contribution is -2.32. The number of hydrogen-bond acceptors (Lipinski definition) is 4. The van der Waals surface area contributed by atoms with Gasteiger partial charge in [0.15, 0.2) is 0 Å². The molecule has 0 saturated heterocycles. The summed E-state index contributed by atoms with van der Waals surface area (Å²) in [5, 5.41) is 7.38. The number of halogens is 4. The fourth-order valence-corrected chi connectivity index (χ4v) is 2.98. The highest BCUT2D eigenvalue weighted by atomic mass is 35.5. The summed E-state index contributed by atoms with van der Waals surface area (Å²) in [6.07, 6.45) is 1.29. The molecule has 3 rings (SSSR count). The number of rotatable bonds is 6. The first-order valence-electron chi connectivity index (χ1n) is 9.08. The summed E-state index contributed by atoms with van der Waals surface area (Å²) in [4.78, 5) is 23.8. The number of amides is 2. The second kappa shape index (κ2) is 10.9. The van der Waals surface area contributed by atoms with Gasteiger partial charge in [0.2, 0.25) is 0 Å². The van der Waals surface area contributed by atoms with Crippen molar-refractivity contribution >= 4 is 58.5 Å². The molecule has 0 aliphatic heterocycles. The van der Waals surface area contributed by atoms with Crippen LogP contribution < -0.4 is 15.5 Å². The van der Waals surface area contributed by atoms with Gasteiger partial charge in [0.25, 0.3) is 0 Å². The first-order chi connectivity index (χ1) is 15.3. The molecule has 2 amide bonds. The predicted octanol–water partition coefficient (Wildman–Crippen LogP) is 5.45. The van der Waals surface area contributed by atoms with Gasteiger partial charge in [-0.25, -0.2) is 9.82 Å². The van der Waals surface area contributed by atoms with E-state index < -0.39 is 17.6 Å². The van der Waals surface area contributed by atoms with Crippen molar-refractivity contribution in [2.75, 3.05) is 5.32 Å². The Kier molecular flexibility index (Phi) is 8.05. The first-order valence-corrected chi connectivity index (χ1v) is 10.2. The molecule has 0 spiro atoms. The van der Waals surface area contributed by atoms with Crippen molar-refractivity contribution in [3.05, 3.63) is 92.7 Å². The predicted molar refractivity (Wildman–Crippen MR) is 123 cm³/mol. The van der Waals surface area contributed by atoms with E-state index in [0.717, 1.165) is 17.7 Å². The summed E-state index contributed by atoms with van der Waals surface area (Å²) in [5.41, 5.74) is 3.64. The largest absolute Gasteiger partial charge is 0.488 e. The Balaban J connectivity index is 1.62. The van der Waals surface area contributed by atoms with Gasteiger partial charge in [0.05, 0.1) is 16.3 Å². The number of anilines is 1. The lowest BCUT2D eigenvalue weighted by atomic mass is 10.2. The summed E-state index contributed by atoms with van der Waals surface area (Å²) >= 11 is 18.0. The summed E-state index contributed by atoms with van der Waals surface area (Å²) < 4.78 is 18.7. The van der Waals surface area contributed by atoms with Gasteiger partial charge in [-0.15, -0.1) is 0 Å². The van der Waals surface area contributed by atoms with Crippen molar-refractivity contribution < 1.29 is 18.7 Å². The molecule has 0 aromatic heterocycles. The normalized spacial score (nSPS) is 10.8. The van der Waals surface area contributed by atoms with E-state index in [9.17, 15) is 14.0 Å². The third-order valence-corrected chi connectivity index (χ3v) is 5.00. The maximum Gasteiger partial charge on any atom is 0.329 e. The smallest absolute Gasteiger partial charge is 0.329 e. The molecule has 3 aromatic rings. The average molecular weight is 495 g/mol. The number of benzene rings is 3. The molecule has 10 heteroatoms. The van der Waals surface area contributed by atoms with Crippen molar-refractivity contribution in [1.29, 1.82) is 0 Å². The fraction of sp³-hybridized carbons (Fsp3) is 0.0455.